The van der Waals surface area contributed by atoms with E-state index in [-0.39, 0.29) is 22.9 Å². The SMILES string of the molecule is O=C(OCc1ccccc1F)c1ccc(NC2=NS(=O)(=O)c3ccccc32)cc1. The number of carbonyl (C=O) groups is 1. The lowest BCUT2D eigenvalue weighted by Crippen LogP contribution is -2.11. The Bertz CT molecular complexity index is 1220. The Labute approximate surface area is 166 Å². The van der Waals surface area contributed by atoms with Gasteiger partial charge < -0.3 is 10.1 Å². The number of anilines is 1. The Morgan fingerprint density at radius 1 is 0.966 bits per heavy atom. The minimum absolute atomic E-state index is 0.149. The fraction of sp³-hybridized carbons (Fsp3) is 0.0476. The molecule has 0 atom stereocenters. The van der Waals surface area contributed by atoms with E-state index in [1.165, 1.54) is 24.3 Å². The summed E-state index contributed by atoms with van der Waals surface area (Å²) in [5.41, 5.74) is 1.62. The molecule has 3 aromatic rings. The van der Waals surface area contributed by atoms with E-state index in [0.29, 0.717) is 16.8 Å². The van der Waals surface area contributed by atoms with Gasteiger partial charge in [-0.2, -0.15) is 8.42 Å². The van der Waals surface area contributed by atoms with Gasteiger partial charge in [-0.05, 0) is 42.5 Å². The number of benzene rings is 3. The van der Waals surface area contributed by atoms with E-state index in [2.05, 4.69) is 9.71 Å². The van der Waals surface area contributed by atoms with Gasteiger partial charge in [-0.25, -0.2) is 9.18 Å². The number of ether oxygens (including phenoxy) is 1. The van der Waals surface area contributed by atoms with Crippen molar-refractivity contribution in [1.82, 2.24) is 0 Å². The topological polar surface area (TPSA) is 84.8 Å². The van der Waals surface area contributed by atoms with E-state index in [1.807, 2.05) is 0 Å². The van der Waals surface area contributed by atoms with Crippen LogP contribution in [-0.2, 0) is 21.4 Å². The van der Waals surface area contributed by atoms with Gasteiger partial charge in [0.05, 0.1) is 5.56 Å². The summed E-state index contributed by atoms with van der Waals surface area (Å²) in [7, 11) is -3.71. The predicted molar refractivity (Wildman–Crippen MR) is 106 cm³/mol. The molecule has 0 unspecified atom stereocenters. The van der Waals surface area contributed by atoms with Crippen LogP contribution >= 0.6 is 0 Å². The Morgan fingerprint density at radius 2 is 1.66 bits per heavy atom. The van der Waals surface area contributed by atoms with Crippen molar-refractivity contribution in [1.29, 1.82) is 0 Å². The second kappa shape index (κ2) is 7.48. The second-order valence-corrected chi connectivity index (χ2v) is 7.85. The van der Waals surface area contributed by atoms with Crippen LogP contribution < -0.4 is 5.32 Å². The number of sulfonamides is 1. The highest BCUT2D eigenvalue weighted by atomic mass is 32.2. The number of carbonyl (C=O) groups excluding carboxylic acids is 1. The lowest BCUT2D eigenvalue weighted by Gasteiger charge is -2.08. The molecular weight excluding hydrogens is 395 g/mol. The molecule has 0 saturated heterocycles. The number of hydrogen-bond donors (Lipinski definition) is 1. The first kappa shape index (κ1) is 18.8. The molecule has 0 aliphatic carbocycles. The minimum Gasteiger partial charge on any atom is -0.457 e. The molecular formula is C21H15FN2O4S. The van der Waals surface area contributed by atoms with Gasteiger partial charge in [0.15, 0.2) is 5.84 Å². The molecule has 1 heterocycles. The molecule has 29 heavy (non-hydrogen) atoms. The summed E-state index contributed by atoms with van der Waals surface area (Å²) in [4.78, 5) is 12.3. The van der Waals surface area contributed by atoms with Gasteiger partial charge in [-0.3, -0.25) is 0 Å². The van der Waals surface area contributed by atoms with Crippen molar-refractivity contribution in [3.05, 3.63) is 95.3 Å². The zero-order valence-corrected chi connectivity index (χ0v) is 15.8. The number of fused-ring (bicyclic) bond motifs is 1. The van der Waals surface area contributed by atoms with E-state index in [9.17, 15) is 17.6 Å². The van der Waals surface area contributed by atoms with Crippen LogP contribution in [0.3, 0.4) is 0 Å². The first-order valence-corrected chi connectivity index (χ1v) is 10.1. The molecule has 4 rings (SSSR count). The normalized spacial score (nSPS) is 14.0. The average molecular weight is 410 g/mol. The molecule has 1 N–H and O–H groups in total. The van der Waals surface area contributed by atoms with Gasteiger partial charge in [-0.15, -0.1) is 4.40 Å². The van der Waals surface area contributed by atoms with Crippen molar-refractivity contribution in [2.75, 3.05) is 5.32 Å². The summed E-state index contributed by atoms with van der Waals surface area (Å²) in [5.74, 6) is -0.811. The lowest BCUT2D eigenvalue weighted by atomic mass is 10.1. The predicted octanol–water partition coefficient (Wildman–Crippen LogP) is 3.74. The molecule has 3 aromatic carbocycles. The standard InChI is InChI=1S/C21H15FN2O4S/c22-18-7-3-1-5-15(18)13-28-21(25)14-9-11-16(12-10-14)23-20-17-6-2-4-8-19(17)29(26,27)24-20/h1-12H,13H2,(H,23,24). The smallest absolute Gasteiger partial charge is 0.338 e. The van der Waals surface area contributed by atoms with Crippen molar-refractivity contribution in [3.63, 3.8) is 0 Å². The summed E-state index contributed by atoms with van der Waals surface area (Å²) in [6.07, 6.45) is 0. The van der Waals surface area contributed by atoms with E-state index in [4.69, 9.17) is 4.74 Å². The number of rotatable bonds is 4. The molecule has 0 fully saturated rings. The van der Waals surface area contributed by atoms with Gasteiger partial charge >= 0.3 is 5.97 Å². The third-order valence-electron chi connectivity index (χ3n) is 4.33. The van der Waals surface area contributed by atoms with Gasteiger partial charge in [-0.1, -0.05) is 30.3 Å². The maximum Gasteiger partial charge on any atom is 0.338 e. The van der Waals surface area contributed by atoms with E-state index in [0.717, 1.165) is 0 Å². The Morgan fingerprint density at radius 3 is 2.41 bits per heavy atom. The number of nitrogens with one attached hydrogen (secondary N) is 1. The number of halogens is 1. The summed E-state index contributed by atoms with van der Waals surface area (Å²) in [5, 5.41) is 2.95. The summed E-state index contributed by atoms with van der Waals surface area (Å²) in [6, 6.07) is 18.9. The summed E-state index contributed by atoms with van der Waals surface area (Å²) >= 11 is 0. The Hall–Kier alpha value is -3.52. The third-order valence-corrected chi connectivity index (χ3v) is 5.67. The molecule has 8 heteroatoms. The number of nitrogens with zero attached hydrogens (tertiary/aromatic N) is 1. The second-order valence-electron chi connectivity index (χ2n) is 6.28. The van der Waals surface area contributed by atoms with Crippen molar-refractivity contribution < 1.29 is 22.3 Å². The molecule has 0 spiro atoms. The lowest BCUT2D eigenvalue weighted by molar-refractivity contribution is 0.0469. The van der Waals surface area contributed by atoms with Crippen molar-refractivity contribution >= 4 is 27.5 Å². The van der Waals surface area contributed by atoms with E-state index >= 15 is 0 Å². The fourth-order valence-corrected chi connectivity index (χ4v) is 4.04. The molecule has 1 aliphatic heterocycles. The van der Waals surface area contributed by atoms with Crippen molar-refractivity contribution in [2.45, 2.75) is 11.5 Å². The Kier molecular flexibility index (Phi) is 4.85. The number of esters is 1. The van der Waals surface area contributed by atoms with Crippen LogP contribution in [0.4, 0.5) is 10.1 Å². The van der Waals surface area contributed by atoms with Gasteiger partial charge in [0.25, 0.3) is 10.0 Å². The maximum absolute atomic E-state index is 13.6. The maximum atomic E-state index is 13.6. The van der Waals surface area contributed by atoms with Crippen LogP contribution in [0.2, 0.25) is 0 Å². The van der Waals surface area contributed by atoms with Crippen LogP contribution in [-0.4, -0.2) is 20.2 Å². The average Bonchev–Trinajstić information content (AvgIpc) is 2.98. The first-order chi connectivity index (χ1) is 13.9. The van der Waals surface area contributed by atoms with Crippen LogP contribution in [0, 0.1) is 5.82 Å². The monoisotopic (exact) mass is 410 g/mol. The minimum atomic E-state index is -3.71. The summed E-state index contributed by atoms with van der Waals surface area (Å²) < 4.78 is 46.7. The Balaban J connectivity index is 1.45. The van der Waals surface area contributed by atoms with Gasteiger partial charge in [0.2, 0.25) is 0 Å². The van der Waals surface area contributed by atoms with E-state index in [1.54, 1.807) is 48.5 Å². The zero-order chi connectivity index (χ0) is 20.4. The first-order valence-electron chi connectivity index (χ1n) is 8.66. The highest BCUT2D eigenvalue weighted by Gasteiger charge is 2.28. The molecule has 0 saturated carbocycles. The molecule has 0 amide bonds. The highest BCUT2D eigenvalue weighted by Crippen LogP contribution is 2.26. The molecule has 146 valence electrons. The van der Waals surface area contributed by atoms with Crippen LogP contribution in [0.25, 0.3) is 0 Å². The molecule has 0 radical (unpaired) electrons. The third kappa shape index (κ3) is 3.88. The van der Waals surface area contributed by atoms with Crippen LogP contribution in [0.1, 0.15) is 21.5 Å². The molecule has 0 aromatic heterocycles. The summed E-state index contributed by atoms with van der Waals surface area (Å²) in [6.45, 7) is -0.170. The highest BCUT2D eigenvalue weighted by molar-refractivity contribution is 7.90. The number of hydrogen-bond acceptors (Lipinski definition) is 5. The zero-order valence-electron chi connectivity index (χ0n) is 15.0. The van der Waals surface area contributed by atoms with Gasteiger partial charge in [0, 0.05) is 16.8 Å². The molecule has 0 bridgehead atoms. The van der Waals surface area contributed by atoms with Crippen molar-refractivity contribution in [2.24, 2.45) is 4.40 Å². The fourth-order valence-electron chi connectivity index (χ4n) is 2.86. The van der Waals surface area contributed by atoms with Gasteiger partial charge in [0.1, 0.15) is 17.3 Å². The quantitative estimate of drug-likeness (QED) is 0.663. The largest absolute Gasteiger partial charge is 0.457 e. The van der Waals surface area contributed by atoms with Crippen LogP contribution in [0.5, 0.6) is 0 Å². The molecule has 1 aliphatic rings. The van der Waals surface area contributed by atoms with Crippen molar-refractivity contribution in [3.8, 4) is 0 Å². The number of amidine groups is 1. The van der Waals surface area contributed by atoms with E-state index < -0.39 is 21.8 Å². The van der Waals surface area contributed by atoms with Crippen LogP contribution in [0.15, 0.2) is 82.1 Å². The molecule has 6 nitrogen and oxygen atoms in total.